The van der Waals surface area contributed by atoms with Crippen molar-refractivity contribution < 1.29 is 13.2 Å². The van der Waals surface area contributed by atoms with Crippen molar-refractivity contribution >= 4 is 27.1 Å². The summed E-state index contributed by atoms with van der Waals surface area (Å²) in [6, 6.07) is 4.02. The van der Waals surface area contributed by atoms with E-state index >= 15 is 0 Å². The number of thiophene rings is 1. The van der Waals surface area contributed by atoms with Crippen LogP contribution in [-0.4, -0.2) is 32.4 Å². The van der Waals surface area contributed by atoms with Gasteiger partial charge in [0, 0.05) is 30.0 Å². The zero-order valence-electron chi connectivity index (χ0n) is 9.97. The third kappa shape index (κ3) is 6.43. The van der Waals surface area contributed by atoms with Gasteiger partial charge in [0.05, 0.1) is 5.75 Å². The number of amides is 1. The lowest BCUT2D eigenvalue weighted by Gasteiger charge is -2.12. The Bertz CT molecular complexity index is 451. The van der Waals surface area contributed by atoms with Crippen molar-refractivity contribution in [1.29, 1.82) is 0 Å². The first-order valence-corrected chi connectivity index (χ1v) is 8.30. The lowest BCUT2D eigenvalue weighted by molar-refractivity contribution is -0.121. The van der Waals surface area contributed by atoms with E-state index in [1.807, 2.05) is 24.4 Å². The standard InChI is InChI=1S/C11H17NO3S2/c1-9(8-10-4-3-6-16-10)12-11(13)5-7-17(2,14)15/h3-4,6,9H,5,7-8H2,1-2H3,(H,12,13)/t9-/m0/s1. The molecule has 6 heteroatoms. The Morgan fingerprint density at radius 1 is 1.53 bits per heavy atom. The molecule has 1 N–H and O–H groups in total. The fraction of sp³-hybridized carbons (Fsp3) is 0.545. The summed E-state index contributed by atoms with van der Waals surface area (Å²) in [6.45, 7) is 1.91. The normalized spacial score (nSPS) is 13.3. The van der Waals surface area contributed by atoms with Crippen LogP contribution in [0, 0.1) is 0 Å². The Balaban J connectivity index is 2.31. The first-order chi connectivity index (χ1) is 7.87. The van der Waals surface area contributed by atoms with Gasteiger partial charge < -0.3 is 5.32 Å². The van der Waals surface area contributed by atoms with E-state index in [0.29, 0.717) is 0 Å². The molecule has 0 radical (unpaired) electrons. The van der Waals surface area contributed by atoms with E-state index in [-0.39, 0.29) is 24.1 Å². The molecule has 0 spiro atoms. The third-order valence-corrected chi connectivity index (χ3v) is 4.04. The highest BCUT2D eigenvalue weighted by atomic mass is 32.2. The average Bonchev–Trinajstić information content (AvgIpc) is 2.66. The summed E-state index contributed by atoms with van der Waals surface area (Å²) in [6.07, 6.45) is 1.95. The molecule has 0 aromatic carbocycles. The zero-order chi connectivity index (χ0) is 12.9. The molecular formula is C11H17NO3S2. The Hall–Kier alpha value is -0.880. The van der Waals surface area contributed by atoms with Crippen molar-refractivity contribution in [3.63, 3.8) is 0 Å². The maximum absolute atomic E-state index is 11.5. The topological polar surface area (TPSA) is 63.2 Å². The van der Waals surface area contributed by atoms with Gasteiger partial charge in [-0.1, -0.05) is 6.07 Å². The van der Waals surface area contributed by atoms with E-state index in [1.54, 1.807) is 11.3 Å². The number of sulfone groups is 1. The largest absolute Gasteiger partial charge is 0.353 e. The van der Waals surface area contributed by atoms with Gasteiger partial charge in [-0.25, -0.2) is 8.42 Å². The molecule has 0 unspecified atom stereocenters. The van der Waals surface area contributed by atoms with Crippen LogP contribution >= 0.6 is 11.3 Å². The van der Waals surface area contributed by atoms with Crippen LogP contribution in [0.3, 0.4) is 0 Å². The molecule has 96 valence electrons. The van der Waals surface area contributed by atoms with E-state index in [0.717, 1.165) is 12.7 Å². The third-order valence-electron chi connectivity index (χ3n) is 2.19. The number of rotatable bonds is 6. The zero-order valence-corrected chi connectivity index (χ0v) is 11.6. The van der Waals surface area contributed by atoms with E-state index in [9.17, 15) is 13.2 Å². The molecule has 0 aliphatic heterocycles. The van der Waals surface area contributed by atoms with Crippen LogP contribution < -0.4 is 5.32 Å². The molecule has 0 bridgehead atoms. The molecule has 1 aromatic rings. The monoisotopic (exact) mass is 275 g/mol. The molecule has 1 amide bonds. The molecule has 1 aromatic heterocycles. The SMILES string of the molecule is C[C@@H](Cc1cccs1)NC(=O)CCS(C)(=O)=O. The Labute approximate surface area is 106 Å². The predicted octanol–water partition coefficient (Wildman–Crippen LogP) is 1.23. The number of hydrogen-bond donors (Lipinski definition) is 1. The number of carbonyl (C=O) groups is 1. The smallest absolute Gasteiger partial charge is 0.221 e. The molecular weight excluding hydrogens is 258 g/mol. The summed E-state index contributed by atoms with van der Waals surface area (Å²) in [4.78, 5) is 12.7. The molecule has 0 saturated heterocycles. The fourth-order valence-corrected chi connectivity index (χ4v) is 2.80. The van der Waals surface area contributed by atoms with Gasteiger partial charge in [-0.05, 0) is 18.4 Å². The molecule has 4 nitrogen and oxygen atoms in total. The van der Waals surface area contributed by atoms with Gasteiger partial charge in [0.25, 0.3) is 0 Å². The van der Waals surface area contributed by atoms with Gasteiger partial charge in [-0.3, -0.25) is 4.79 Å². The maximum atomic E-state index is 11.5. The molecule has 0 aliphatic rings. The second kappa shape index (κ2) is 6.16. The van der Waals surface area contributed by atoms with E-state index in [2.05, 4.69) is 5.32 Å². The van der Waals surface area contributed by atoms with Crippen LogP contribution in [0.4, 0.5) is 0 Å². The maximum Gasteiger partial charge on any atom is 0.221 e. The first kappa shape index (κ1) is 14.2. The molecule has 0 fully saturated rings. The Morgan fingerprint density at radius 2 is 2.24 bits per heavy atom. The summed E-state index contributed by atoms with van der Waals surface area (Å²) in [5.41, 5.74) is 0. The minimum absolute atomic E-state index is 0.0284. The average molecular weight is 275 g/mol. The lowest BCUT2D eigenvalue weighted by atomic mass is 10.2. The lowest BCUT2D eigenvalue weighted by Crippen LogP contribution is -2.34. The fourth-order valence-electron chi connectivity index (χ4n) is 1.41. The summed E-state index contributed by atoms with van der Waals surface area (Å²) in [5.74, 6) is -0.302. The Kier molecular flexibility index (Phi) is 5.14. The van der Waals surface area contributed by atoms with Gasteiger partial charge in [0.15, 0.2) is 0 Å². The van der Waals surface area contributed by atoms with Gasteiger partial charge in [0.2, 0.25) is 5.91 Å². The van der Waals surface area contributed by atoms with Crippen LogP contribution in [0.15, 0.2) is 17.5 Å². The number of hydrogen-bond acceptors (Lipinski definition) is 4. The first-order valence-electron chi connectivity index (χ1n) is 5.36. The van der Waals surface area contributed by atoms with Gasteiger partial charge in [0.1, 0.15) is 9.84 Å². The van der Waals surface area contributed by atoms with Crippen molar-refractivity contribution in [3.05, 3.63) is 22.4 Å². The van der Waals surface area contributed by atoms with Crippen LogP contribution in [0.1, 0.15) is 18.2 Å². The van der Waals surface area contributed by atoms with E-state index in [4.69, 9.17) is 0 Å². The minimum Gasteiger partial charge on any atom is -0.353 e. The van der Waals surface area contributed by atoms with Crippen LogP contribution in [0.2, 0.25) is 0 Å². The highest BCUT2D eigenvalue weighted by Gasteiger charge is 2.11. The van der Waals surface area contributed by atoms with Gasteiger partial charge >= 0.3 is 0 Å². The van der Waals surface area contributed by atoms with Crippen LogP contribution in [0.5, 0.6) is 0 Å². The molecule has 17 heavy (non-hydrogen) atoms. The molecule has 1 atom stereocenters. The van der Waals surface area contributed by atoms with Crippen molar-refractivity contribution in [1.82, 2.24) is 5.32 Å². The van der Waals surface area contributed by atoms with Crippen molar-refractivity contribution in [2.45, 2.75) is 25.8 Å². The summed E-state index contributed by atoms with van der Waals surface area (Å²) in [5, 5.41) is 4.79. The van der Waals surface area contributed by atoms with Crippen molar-refractivity contribution in [3.8, 4) is 0 Å². The highest BCUT2D eigenvalue weighted by molar-refractivity contribution is 7.90. The molecule has 0 aliphatic carbocycles. The van der Waals surface area contributed by atoms with E-state index in [1.165, 1.54) is 4.88 Å². The molecule has 0 saturated carbocycles. The minimum atomic E-state index is -3.06. The second-order valence-electron chi connectivity index (χ2n) is 4.13. The van der Waals surface area contributed by atoms with Gasteiger partial charge in [-0.15, -0.1) is 11.3 Å². The van der Waals surface area contributed by atoms with E-state index < -0.39 is 9.84 Å². The van der Waals surface area contributed by atoms with Gasteiger partial charge in [-0.2, -0.15) is 0 Å². The molecule has 1 rings (SSSR count). The second-order valence-corrected chi connectivity index (χ2v) is 7.42. The predicted molar refractivity (Wildman–Crippen MR) is 70.0 cm³/mol. The van der Waals surface area contributed by atoms with Crippen LogP contribution in [0.25, 0.3) is 0 Å². The summed E-state index contributed by atoms with van der Waals surface area (Å²) >= 11 is 1.65. The quantitative estimate of drug-likeness (QED) is 0.849. The highest BCUT2D eigenvalue weighted by Crippen LogP contribution is 2.10. The Morgan fingerprint density at radius 3 is 2.76 bits per heavy atom. The van der Waals surface area contributed by atoms with Crippen molar-refractivity contribution in [2.75, 3.05) is 12.0 Å². The molecule has 1 heterocycles. The summed E-state index contributed by atoms with van der Waals surface area (Å²) in [7, 11) is -3.06. The van der Waals surface area contributed by atoms with Crippen molar-refractivity contribution in [2.24, 2.45) is 0 Å². The number of carbonyl (C=O) groups excluding carboxylic acids is 1. The number of nitrogens with one attached hydrogen (secondary N) is 1. The summed E-state index contributed by atoms with van der Waals surface area (Å²) < 4.78 is 21.8. The van der Waals surface area contributed by atoms with Crippen LogP contribution in [-0.2, 0) is 21.1 Å².